The summed E-state index contributed by atoms with van der Waals surface area (Å²) >= 11 is 1.45. The number of aromatic nitrogens is 1. The molecule has 0 unspecified atom stereocenters. The normalized spacial score (nSPS) is 10.1. The number of hydrogen-bond donors (Lipinski definition) is 2. The number of nitro benzene ring substituents is 1. The van der Waals surface area contributed by atoms with E-state index in [0.717, 1.165) is 5.69 Å². The highest BCUT2D eigenvalue weighted by atomic mass is 32.1. The zero-order valence-electron chi connectivity index (χ0n) is 11.3. The molecule has 2 N–H and O–H groups in total. The number of nitrogens with one attached hydrogen (secondary N) is 2. The molecule has 0 saturated heterocycles. The molecule has 0 fully saturated rings. The van der Waals surface area contributed by atoms with Crippen LogP contribution in [0.25, 0.3) is 0 Å². The van der Waals surface area contributed by atoms with Gasteiger partial charge in [0.1, 0.15) is 5.69 Å². The lowest BCUT2D eigenvalue weighted by Gasteiger charge is -2.08. The van der Waals surface area contributed by atoms with Gasteiger partial charge in [0.05, 0.1) is 22.7 Å². The minimum absolute atomic E-state index is 0.0710. The third kappa shape index (κ3) is 3.76. The molecule has 0 bridgehead atoms. The van der Waals surface area contributed by atoms with Crippen molar-refractivity contribution >= 4 is 28.6 Å². The molecule has 0 saturated carbocycles. The van der Waals surface area contributed by atoms with Gasteiger partial charge in [-0.15, -0.1) is 11.3 Å². The number of benzene rings is 1. The highest BCUT2D eigenvalue weighted by Crippen LogP contribution is 2.26. The lowest BCUT2D eigenvalue weighted by atomic mass is 10.1. The van der Waals surface area contributed by atoms with Gasteiger partial charge in [-0.25, -0.2) is 4.98 Å². The van der Waals surface area contributed by atoms with Crippen molar-refractivity contribution in [3.63, 3.8) is 0 Å². The highest BCUT2D eigenvalue weighted by Gasteiger charge is 2.16. The Labute approximate surface area is 125 Å². The van der Waals surface area contributed by atoms with Crippen LogP contribution in [0.2, 0.25) is 0 Å². The predicted molar refractivity (Wildman–Crippen MR) is 80.5 cm³/mol. The Morgan fingerprint density at radius 2 is 2.29 bits per heavy atom. The second-order valence-corrected chi connectivity index (χ2v) is 4.90. The van der Waals surface area contributed by atoms with Crippen LogP contribution in [0, 0.1) is 10.1 Å². The van der Waals surface area contributed by atoms with Crippen molar-refractivity contribution in [2.75, 3.05) is 11.9 Å². The SMILES string of the molecule is CCNC(=O)c1ccc([N+](=O)[O-])c(NCc2cscn2)c1. The molecule has 2 rings (SSSR count). The molecule has 0 aliphatic heterocycles. The summed E-state index contributed by atoms with van der Waals surface area (Å²) in [6.07, 6.45) is 0. The van der Waals surface area contributed by atoms with Crippen molar-refractivity contribution < 1.29 is 9.72 Å². The zero-order valence-corrected chi connectivity index (χ0v) is 12.1. The first-order chi connectivity index (χ1) is 10.1. The van der Waals surface area contributed by atoms with Crippen molar-refractivity contribution in [1.82, 2.24) is 10.3 Å². The molecule has 8 heteroatoms. The minimum Gasteiger partial charge on any atom is -0.374 e. The Morgan fingerprint density at radius 1 is 1.48 bits per heavy atom. The number of amides is 1. The van der Waals surface area contributed by atoms with E-state index >= 15 is 0 Å². The third-order valence-electron chi connectivity index (χ3n) is 2.74. The minimum atomic E-state index is -0.481. The second-order valence-electron chi connectivity index (χ2n) is 4.18. The van der Waals surface area contributed by atoms with Gasteiger partial charge in [0.2, 0.25) is 0 Å². The van der Waals surface area contributed by atoms with E-state index in [-0.39, 0.29) is 11.6 Å². The van der Waals surface area contributed by atoms with E-state index in [4.69, 9.17) is 0 Å². The number of thiazole rings is 1. The molecule has 1 aromatic carbocycles. The Morgan fingerprint density at radius 3 is 2.90 bits per heavy atom. The molecule has 0 radical (unpaired) electrons. The Bertz CT molecular complexity index is 643. The fourth-order valence-corrected chi connectivity index (χ4v) is 2.31. The van der Waals surface area contributed by atoms with Crippen LogP contribution in [0.5, 0.6) is 0 Å². The first-order valence-electron chi connectivity index (χ1n) is 6.29. The first-order valence-corrected chi connectivity index (χ1v) is 7.23. The first kappa shape index (κ1) is 14.9. The number of rotatable bonds is 6. The van der Waals surface area contributed by atoms with E-state index in [9.17, 15) is 14.9 Å². The van der Waals surface area contributed by atoms with Gasteiger partial charge >= 0.3 is 0 Å². The Balaban J connectivity index is 2.24. The molecule has 0 aliphatic carbocycles. The summed E-state index contributed by atoms with van der Waals surface area (Å²) in [5.41, 5.74) is 3.09. The van der Waals surface area contributed by atoms with Crippen LogP contribution in [0.15, 0.2) is 29.1 Å². The second kappa shape index (κ2) is 6.80. The molecule has 110 valence electrons. The van der Waals surface area contributed by atoms with Crippen molar-refractivity contribution in [1.29, 1.82) is 0 Å². The molecule has 7 nitrogen and oxygen atoms in total. The Hall–Kier alpha value is -2.48. The monoisotopic (exact) mass is 306 g/mol. The van der Waals surface area contributed by atoms with E-state index in [1.54, 1.807) is 5.51 Å². The van der Waals surface area contributed by atoms with Crippen LogP contribution < -0.4 is 10.6 Å². The summed E-state index contributed by atoms with van der Waals surface area (Å²) in [5.74, 6) is -0.260. The fourth-order valence-electron chi connectivity index (χ4n) is 1.75. The number of carbonyl (C=O) groups excluding carboxylic acids is 1. The molecule has 0 spiro atoms. The van der Waals surface area contributed by atoms with Crippen molar-refractivity contribution in [2.45, 2.75) is 13.5 Å². The van der Waals surface area contributed by atoms with Gasteiger partial charge in [-0.1, -0.05) is 0 Å². The van der Waals surface area contributed by atoms with Crippen LogP contribution >= 0.6 is 11.3 Å². The topological polar surface area (TPSA) is 97.2 Å². The zero-order chi connectivity index (χ0) is 15.2. The van der Waals surface area contributed by atoms with Crippen molar-refractivity contribution in [3.05, 3.63) is 50.5 Å². The van der Waals surface area contributed by atoms with E-state index in [1.165, 1.54) is 29.5 Å². The molecule has 2 aromatic rings. The number of carbonyl (C=O) groups is 1. The number of nitro groups is 1. The number of anilines is 1. The molecule has 0 atom stereocenters. The summed E-state index contributed by atoms with van der Waals surface area (Å²) < 4.78 is 0. The smallest absolute Gasteiger partial charge is 0.292 e. The molecule has 1 amide bonds. The predicted octanol–water partition coefficient (Wildman–Crippen LogP) is 2.41. The average Bonchev–Trinajstić information content (AvgIpc) is 2.98. The molecular formula is C13H14N4O3S. The average molecular weight is 306 g/mol. The molecule has 0 aliphatic rings. The largest absolute Gasteiger partial charge is 0.374 e. The molecule has 1 heterocycles. The van der Waals surface area contributed by atoms with Crippen LogP contribution in [0.1, 0.15) is 23.0 Å². The number of hydrogen-bond acceptors (Lipinski definition) is 6. The van der Waals surface area contributed by atoms with Crippen LogP contribution in [0.3, 0.4) is 0 Å². The van der Waals surface area contributed by atoms with Gasteiger partial charge in [-0.05, 0) is 19.1 Å². The summed E-state index contributed by atoms with van der Waals surface area (Å²) in [7, 11) is 0. The van der Waals surface area contributed by atoms with E-state index in [2.05, 4.69) is 15.6 Å². The maximum atomic E-state index is 11.8. The van der Waals surface area contributed by atoms with Crippen LogP contribution in [-0.2, 0) is 6.54 Å². The molecule has 1 aromatic heterocycles. The van der Waals surface area contributed by atoms with Gasteiger partial charge in [-0.2, -0.15) is 0 Å². The van der Waals surface area contributed by atoms with Gasteiger partial charge in [0.15, 0.2) is 0 Å². The van der Waals surface area contributed by atoms with E-state index < -0.39 is 4.92 Å². The van der Waals surface area contributed by atoms with Crippen molar-refractivity contribution in [3.8, 4) is 0 Å². The number of nitrogens with zero attached hydrogens (tertiary/aromatic N) is 2. The van der Waals surface area contributed by atoms with Crippen LogP contribution in [-0.4, -0.2) is 22.4 Å². The lowest BCUT2D eigenvalue weighted by molar-refractivity contribution is -0.384. The van der Waals surface area contributed by atoms with Gasteiger partial charge < -0.3 is 10.6 Å². The maximum absolute atomic E-state index is 11.8. The molecular weight excluding hydrogens is 292 g/mol. The van der Waals surface area contributed by atoms with Crippen molar-refractivity contribution in [2.24, 2.45) is 0 Å². The van der Waals surface area contributed by atoms with E-state index in [1.807, 2.05) is 12.3 Å². The summed E-state index contributed by atoms with van der Waals surface area (Å²) in [6.45, 7) is 2.67. The lowest BCUT2D eigenvalue weighted by Crippen LogP contribution is -2.22. The van der Waals surface area contributed by atoms with Gasteiger partial charge in [-0.3, -0.25) is 14.9 Å². The quantitative estimate of drug-likeness (QED) is 0.631. The summed E-state index contributed by atoms with van der Waals surface area (Å²) in [5, 5.41) is 18.5. The molecule has 21 heavy (non-hydrogen) atoms. The Kier molecular flexibility index (Phi) is 4.83. The highest BCUT2D eigenvalue weighted by molar-refractivity contribution is 7.07. The third-order valence-corrected chi connectivity index (χ3v) is 3.37. The van der Waals surface area contributed by atoms with Gasteiger partial charge in [0, 0.05) is 23.6 Å². The standard InChI is InChI=1S/C13H14N4O3S/c1-2-14-13(18)9-3-4-12(17(19)20)11(5-9)15-6-10-7-21-8-16-10/h3-5,7-8,15H,2,6H2,1H3,(H,14,18). The fraction of sp³-hybridized carbons (Fsp3) is 0.231. The summed E-state index contributed by atoms with van der Waals surface area (Å²) in [4.78, 5) is 26.5. The van der Waals surface area contributed by atoms with Crippen LogP contribution in [0.4, 0.5) is 11.4 Å². The maximum Gasteiger partial charge on any atom is 0.292 e. The van der Waals surface area contributed by atoms with E-state index in [0.29, 0.717) is 24.3 Å². The van der Waals surface area contributed by atoms with Gasteiger partial charge in [0.25, 0.3) is 11.6 Å². The summed E-state index contributed by atoms with van der Waals surface area (Å²) in [6, 6.07) is 4.25.